The summed E-state index contributed by atoms with van der Waals surface area (Å²) in [5.41, 5.74) is 1.70. The molecule has 1 aromatic carbocycles. The van der Waals surface area contributed by atoms with Gasteiger partial charge < -0.3 is 0 Å². The van der Waals surface area contributed by atoms with Crippen molar-refractivity contribution in [3.63, 3.8) is 0 Å². The van der Waals surface area contributed by atoms with Crippen LogP contribution in [0, 0.1) is 11.3 Å². The lowest BCUT2D eigenvalue weighted by Crippen LogP contribution is -2.00. The number of hydrogen-bond donors (Lipinski definition) is 0. The fourth-order valence-corrected chi connectivity index (χ4v) is 2.53. The minimum Gasteiger partial charge on any atom is -0.207 e. The van der Waals surface area contributed by atoms with Crippen LogP contribution in [0.2, 0.25) is 0 Å². The molecule has 6 heteroatoms. The summed E-state index contributed by atoms with van der Waals surface area (Å²) in [6.45, 7) is 1.88. The van der Waals surface area contributed by atoms with Crippen molar-refractivity contribution >= 4 is 31.3 Å². The van der Waals surface area contributed by atoms with E-state index in [1.165, 1.54) is 12.1 Å². The molecule has 0 aliphatic heterocycles. The van der Waals surface area contributed by atoms with Gasteiger partial charge in [0.15, 0.2) is 0 Å². The molecule has 3 nitrogen and oxygen atoms in total. The zero-order valence-electron chi connectivity index (χ0n) is 8.50. The summed E-state index contributed by atoms with van der Waals surface area (Å²) in [7, 11) is 1.40. The first-order chi connectivity index (χ1) is 7.43. The predicted octanol–water partition coefficient (Wildman–Crippen LogP) is 2.79. The van der Waals surface area contributed by atoms with Crippen molar-refractivity contribution in [1.82, 2.24) is 0 Å². The van der Waals surface area contributed by atoms with Crippen molar-refractivity contribution < 1.29 is 8.42 Å². The Morgan fingerprint density at radius 2 is 2.06 bits per heavy atom. The van der Waals surface area contributed by atoms with Crippen LogP contribution in [0.3, 0.4) is 0 Å². The highest BCUT2D eigenvalue weighted by Gasteiger charge is 2.16. The number of benzene rings is 1. The SMILES string of the molecule is CCc1c(C#N)cc(S(=O)(=O)Cl)cc1CCl. The molecule has 0 N–H and O–H groups in total. The molecule has 1 rings (SSSR count). The minimum atomic E-state index is -3.83. The number of halogens is 2. The lowest BCUT2D eigenvalue weighted by Gasteiger charge is -2.08. The molecule has 1 aromatic rings. The van der Waals surface area contributed by atoms with E-state index in [9.17, 15) is 8.42 Å². The van der Waals surface area contributed by atoms with E-state index in [2.05, 4.69) is 0 Å². The van der Waals surface area contributed by atoms with Gasteiger partial charge in [0.2, 0.25) is 0 Å². The van der Waals surface area contributed by atoms with Crippen molar-refractivity contribution in [3.8, 4) is 6.07 Å². The number of alkyl halides is 1. The standard InChI is InChI=1S/C10H9Cl2NO2S/c1-2-10-7(5-11)3-9(16(12,14)15)4-8(10)6-13/h3-4H,2,5H2,1H3. The van der Waals surface area contributed by atoms with Crippen LogP contribution >= 0.6 is 22.3 Å². The van der Waals surface area contributed by atoms with Gasteiger partial charge in [0, 0.05) is 16.6 Å². The molecule has 0 aromatic heterocycles. The summed E-state index contributed by atoms with van der Waals surface area (Å²) in [4.78, 5) is -0.0847. The molecule has 0 heterocycles. The second-order valence-electron chi connectivity index (χ2n) is 3.15. The Labute approximate surface area is 104 Å². The maximum absolute atomic E-state index is 11.2. The Kier molecular flexibility index (Phi) is 4.20. The summed E-state index contributed by atoms with van der Waals surface area (Å²) < 4.78 is 22.4. The van der Waals surface area contributed by atoms with Gasteiger partial charge in [-0.1, -0.05) is 6.92 Å². The van der Waals surface area contributed by atoms with Crippen LogP contribution in [0.25, 0.3) is 0 Å². The molecule has 16 heavy (non-hydrogen) atoms. The van der Waals surface area contributed by atoms with Gasteiger partial charge in [-0.25, -0.2) is 8.42 Å². The largest absolute Gasteiger partial charge is 0.261 e. The monoisotopic (exact) mass is 277 g/mol. The van der Waals surface area contributed by atoms with E-state index in [1.807, 2.05) is 13.0 Å². The normalized spacial score (nSPS) is 11.1. The Hall–Kier alpha value is -0.760. The van der Waals surface area contributed by atoms with Crippen molar-refractivity contribution in [2.75, 3.05) is 0 Å². The van der Waals surface area contributed by atoms with Crippen LogP contribution in [-0.2, 0) is 21.4 Å². The average molecular weight is 278 g/mol. The molecular formula is C10H9Cl2NO2S. The summed E-state index contributed by atoms with van der Waals surface area (Å²) in [5, 5.41) is 8.93. The van der Waals surface area contributed by atoms with Gasteiger partial charge in [0.25, 0.3) is 9.05 Å². The maximum Gasteiger partial charge on any atom is 0.261 e. The smallest absolute Gasteiger partial charge is 0.207 e. The topological polar surface area (TPSA) is 57.9 Å². The van der Waals surface area contributed by atoms with Gasteiger partial charge in [0.05, 0.1) is 16.5 Å². The molecule has 0 atom stereocenters. The zero-order valence-corrected chi connectivity index (χ0v) is 10.8. The molecule has 0 fully saturated rings. The Morgan fingerprint density at radius 3 is 2.44 bits per heavy atom. The second-order valence-corrected chi connectivity index (χ2v) is 5.98. The van der Waals surface area contributed by atoms with Crippen molar-refractivity contribution in [2.24, 2.45) is 0 Å². The second kappa shape index (κ2) is 5.05. The summed E-state index contributed by atoms with van der Waals surface area (Å²) in [5.74, 6) is 0.151. The molecule has 0 aliphatic carbocycles. The number of rotatable bonds is 3. The van der Waals surface area contributed by atoms with E-state index in [0.29, 0.717) is 17.5 Å². The summed E-state index contributed by atoms with van der Waals surface area (Å²) >= 11 is 5.71. The van der Waals surface area contributed by atoms with Gasteiger partial charge >= 0.3 is 0 Å². The first kappa shape index (κ1) is 13.3. The third kappa shape index (κ3) is 2.67. The molecule has 0 unspecified atom stereocenters. The summed E-state index contributed by atoms with van der Waals surface area (Å²) in [6, 6.07) is 4.64. The Balaban J connectivity index is 3.58. The molecule has 0 spiro atoms. The van der Waals surface area contributed by atoms with Gasteiger partial charge in [-0.2, -0.15) is 5.26 Å². The van der Waals surface area contributed by atoms with Gasteiger partial charge in [-0.15, -0.1) is 11.6 Å². The van der Waals surface area contributed by atoms with Crippen LogP contribution in [0.15, 0.2) is 17.0 Å². The van der Waals surface area contributed by atoms with E-state index in [-0.39, 0.29) is 10.8 Å². The fraction of sp³-hybridized carbons (Fsp3) is 0.300. The number of nitriles is 1. The minimum absolute atomic E-state index is 0.0847. The third-order valence-electron chi connectivity index (χ3n) is 2.22. The quantitative estimate of drug-likeness (QED) is 0.631. The molecule has 86 valence electrons. The summed E-state index contributed by atoms with van der Waals surface area (Å²) in [6.07, 6.45) is 0.619. The highest BCUT2D eigenvalue weighted by Crippen LogP contribution is 2.24. The molecule has 0 saturated carbocycles. The van der Waals surface area contributed by atoms with Gasteiger partial charge in [0.1, 0.15) is 0 Å². The highest BCUT2D eigenvalue weighted by atomic mass is 35.7. The first-order valence-electron chi connectivity index (χ1n) is 4.50. The molecule has 0 amide bonds. The van der Waals surface area contributed by atoms with Crippen LogP contribution in [-0.4, -0.2) is 8.42 Å². The van der Waals surface area contributed by atoms with E-state index in [0.717, 1.165) is 5.56 Å². The molecule has 0 aliphatic rings. The molecule has 0 saturated heterocycles. The lowest BCUT2D eigenvalue weighted by molar-refractivity contribution is 0.609. The van der Waals surface area contributed by atoms with Crippen LogP contribution < -0.4 is 0 Å². The zero-order chi connectivity index (χ0) is 12.3. The Bertz CT molecular complexity index is 547. The van der Waals surface area contributed by atoms with Crippen molar-refractivity contribution in [3.05, 3.63) is 28.8 Å². The molecular weight excluding hydrogens is 269 g/mol. The highest BCUT2D eigenvalue weighted by molar-refractivity contribution is 8.13. The molecule has 0 radical (unpaired) electrons. The average Bonchev–Trinajstić information content (AvgIpc) is 2.25. The van der Waals surface area contributed by atoms with Gasteiger partial charge in [-0.3, -0.25) is 0 Å². The number of hydrogen-bond acceptors (Lipinski definition) is 3. The van der Waals surface area contributed by atoms with Gasteiger partial charge in [-0.05, 0) is 29.7 Å². The molecule has 0 bridgehead atoms. The van der Waals surface area contributed by atoms with E-state index >= 15 is 0 Å². The number of nitrogens with zero attached hydrogens (tertiary/aromatic N) is 1. The van der Waals surface area contributed by atoms with Crippen LogP contribution in [0.4, 0.5) is 0 Å². The van der Waals surface area contributed by atoms with Crippen molar-refractivity contribution in [1.29, 1.82) is 5.26 Å². The van der Waals surface area contributed by atoms with Crippen LogP contribution in [0.5, 0.6) is 0 Å². The van der Waals surface area contributed by atoms with Crippen LogP contribution in [0.1, 0.15) is 23.6 Å². The maximum atomic E-state index is 11.2. The van der Waals surface area contributed by atoms with E-state index in [4.69, 9.17) is 27.5 Å². The predicted molar refractivity (Wildman–Crippen MR) is 63.1 cm³/mol. The van der Waals surface area contributed by atoms with E-state index < -0.39 is 9.05 Å². The fourth-order valence-electron chi connectivity index (χ4n) is 1.48. The Morgan fingerprint density at radius 1 is 1.44 bits per heavy atom. The lowest BCUT2D eigenvalue weighted by atomic mass is 10.0. The van der Waals surface area contributed by atoms with Crippen molar-refractivity contribution in [2.45, 2.75) is 24.1 Å². The van der Waals surface area contributed by atoms with E-state index in [1.54, 1.807) is 0 Å². The first-order valence-corrected chi connectivity index (χ1v) is 7.35. The third-order valence-corrected chi connectivity index (χ3v) is 3.84.